The lowest BCUT2D eigenvalue weighted by atomic mass is 9.87. The van der Waals surface area contributed by atoms with Crippen molar-refractivity contribution in [2.24, 2.45) is 16.8 Å². The number of para-hydroxylation sites is 1. The first kappa shape index (κ1) is 38.4. The number of carboxylic acids is 1. The Morgan fingerprint density at radius 2 is 1.67 bits per heavy atom. The standard InChI is InChI=1S/C34H52N4O8/c1-9-10-13-22(4)16-17-28(39)38(30(41)26(18-21(2)3)37-32(44)46-33(6,7)8)27(29(40)36-23(5)31(42)43)19-34(45)20-35-25-15-12-11-14-24(25)34/h11-12,14-15,20-23,26-27,45H,9-10,13,16-19H2,1-8H3,(H,36,40)(H,37,44)(H,42,43)/t22-,23-,26+,27+,34+/m0/s1. The van der Waals surface area contributed by atoms with Crippen LogP contribution in [-0.2, 0) is 29.5 Å². The van der Waals surface area contributed by atoms with Crippen LogP contribution in [0.25, 0.3) is 0 Å². The zero-order chi connectivity index (χ0) is 34.8. The number of hydrogen-bond donors (Lipinski definition) is 4. The molecular formula is C34H52N4O8. The van der Waals surface area contributed by atoms with E-state index >= 15 is 0 Å². The first-order valence-corrected chi connectivity index (χ1v) is 16.1. The molecule has 0 saturated heterocycles. The second kappa shape index (κ2) is 16.7. The van der Waals surface area contributed by atoms with E-state index in [1.165, 1.54) is 13.1 Å². The first-order valence-electron chi connectivity index (χ1n) is 16.1. The summed E-state index contributed by atoms with van der Waals surface area (Å²) in [5.41, 5.74) is -1.89. The van der Waals surface area contributed by atoms with Crippen molar-refractivity contribution in [1.29, 1.82) is 0 Å². The number of aliphatic imine (C=N–C) groups is 1. The van der Waals surface area contributed by atoms with Gasteiger partial charge in [0.15, 0.2) is 0 Å². The van der Waals surface area contributed by atoms with E-state index in [9.17, 15) is 34.2 Å². The van der Waals surface area contributed by atoms with Crippen LogP contribution in [-0.4, -0.2) is 74.8 Å². The summed E-state index contributed by atoms with van der Waals surface area (Å²) in [6, 6.07) is 2.47. The number of hydrogen-bond acceptors (Lipinski definition) is 8. The number of carbonyl (C=O) groups is 5. The van der Waals surface area contributed by atoms with Crippen LogP contribution < -0.4 is 10.6 Å². The molecule has 1 aliphatic rings. The van der Waals surface area contributed by atoms with Crippen LogP contribution in [0.5, 0.6) is 0 Å². The zero-order valence-electron chi connectivity index (χ0n) is 28.5. The number of alkyl carbamates (subject to hydrolysis) is 1. The van der Waals surface area contributed by atoms with Crippen molar-refractivity contribution >= 4 is 41.7 Å². The van der Waals surface area contributed by atoms with Gasteiger partial charge in [0.1, 0.15) is 29.3 Å². The molecular weight excluding hydrogens is 592 g/mol. The highest BCUT2D eigenvalue weighted by atomic mass is 16.6. The number of aliphatic hydroxyl groups is 1. The predicted molar refractivity (Wildman–Crippen MR) is 175 cm³/mol. The van der Waals surface area contributed by atoms with Gasteiger partial charge in [0.05, 0.1) is 5.69 Å². The second-order valence-electron chi connectivity index (χ2n) is 13.7. The third-order valence-corrected chi connectivity index (χ3v) is 7.74. The Kier molecular flexibility index (Phi) is 13.9. The zero-order valence-corrected chi connectivity index (χ0v) is 28.5. The van der Waals surface area contributed by atoms with Gasteiger partial charge in [0.25, 0.3) is 5.91 Å². The van der Waals surface area contributed by atoms with Crippen LogP contribution in [0, 0.1) is 11.8 Å². The number of imide groups is 1. The van der Waals surface area contributed by atoms with Crippen LogP contribution in [0.1, 0.15) is 106 Å². The molecule has 0 bridgehead atoms. The summed E-state index contributed by atoms with van der Waals surface area (Å²) in [5, 5.41) is 26.3. The summed E-state index contributed by atoms with van der Waals surface area (Å²) < 4.78 is 5.40. The number of carbonyl (C=O) groups excluding carboxylic acids is 4. The summed E-state index contributed by atoms with van der Waals surface area (Å²) in [6.07, 6.45) is 3.19. The van der Waals surface area contributed by atoms with Gasteiger partial charge < -0.3 is 25.6 Å². The van der Waals surface area contributed by atoms with E-state index in [1.54, 1.807) is 45.0 Å². The fourth-order valence-electron chi connectivity index (χ4n) is 5.28. The molecule has 0 aromatic heterocycles. The molecule has 256 valence electrons. The Labute approximate surface area is 272 Å². The summed E-state index contributed by atoms with van der Waals surface area (Å²) in [4.78, 5) is 72.1. The van der Waals surface area contributed by atoms with Crippen LogP contribution >= 0.6 is 0 Å². The number of ether oxygens (including phenoxy) is 1. The van der Waals surface area contributed by atoms with Gasteiger partial charge in [-0.2, -0.15) is 0 Å². The number of benzene rings is 1. The summed E-state index contributed by atoms with van der Waals surface area (Å²) in [7, 11) is 0. The Balaban J connectivity index is 2.64. The monoisotopic (exact) mass is 644 g/mol. The maximum absolute atomic E-state index is 14.5. The fraction of sp³-hybridized carbons (Fsp3) is 0.647. The summed E-state index contributed by atoms with van der Waals surface area (Å²) in [6.45, 7) is 14.0. The van der Waals surface area contributed by atoms with Gasteiger partial charge in [-0.3, -0.25) is 29.1 Å². The molecule has 4 N–H and O–H groups in total. The number of nitrogens with zero attached hydrogens (tertiary/aromatic N) is 2. The summed E-state index contributed by atoms with van der Waals surface area (Å²) in [5.74, 6) is -3.76. The van der Waals surface area contributed by atoms with Gasteiger partial charge in [-0.1, -0.05) is 65.2 Å². The van der Waals surface area contributed by atoms with Crippen LogP contribution in [0.15, 0.2) is 29.3 Å². The van der Waals surface area contributed by atoms with Crippen molar-refractivity contribution in [3.8, 4) is 0 Å². The molecule has 12 heteroatoms. The van der Waals surface area contributed by atoms with Crippen molar-refractivity contribution in [3.05, 3.63) is 29.8 Å². The maximum atomic E-state index is 14.5. The molecule has 1 aliphatic heterocycles. The molecule has 0 radical (unpaired) electrons. The van der Waals surface area contributed by atoms with Crippen molar-refractivity contribution < 1.29 is 38.9 Å². The van der Waals surface area contributed by atoms with E-state index in [2.05, 4.69) is 22.5 Å². The molecule has 0 aliphatic carbocycles. The summed E-state index contributed by atoms with van der Waals surface area (Å²) >= 11 is 0. The largest absolute Gasteiger partial charge is 0.480 e. The lowest BCUT2D eigenvalue weighted by molar-refractivity contribution is -0.155. The van der Waals surface area contributed by atoms with Gasteiger partial charge in [-0.15, -0.1) is 0 Å². The quantitative estimate of drug-likeness (QED) is 0.198. The molecule has 1 aromatic carbocycles. The molecule has 4 amide bonds. The van der Waals surface area contributed by atoms with Crippen molar-refractivity contribution in [1.82, 2.24) is 15.5 Å². The Bertz CT molecular complexity index is 1270. The van der Waals surface area contributed by atoms with E-state index in [4.69, 9.17) is 4.74 Å². The predicted octanol–water partition coefficient (Wildman–Crippen LogP) is 4.84. The maximum Gasteiger partial charge on any atom is 0.408 e. The highest BCUT2D eigenvalue weighted by Crippen LogP contribution is 2.39. The minimum atomic E-state index is -1.86. The molecule has 0 spiro atoms. The number of aliphatic carboxylic acids is 1. The third-order valence-electron chi connectivity index (χ3n) is 7.74. The highest BCUT2D eigenvalue weighted by molar-refractivity contribution is 6.04. The second-order valence-corrected chi connectivity index (χ2v) is 13.7. The molecule has 5 atom stereocenters. The molecule has 12 nitrogen and oxygen atoms in total. The van der Waals surface area contributed by atoms with Crippen LogP contribution in [0.2, 0.25) is 0 Å². The average molecular weight is 645 g/mol. The van der Waals surface area contributed by atoms with Gasteiger partial charge in [-0.05, 0) is 58.4 Å². The number of fused-ring (bicyclic) bond motifs is 1. The minimum absolute atomic E-state index is 0.0845. The first-order chi connectivity index (χ1) is 21.4. The molecule has 0 unspecified atom stereocenters. The third kappa shape index (κ3) is 11.2. The normalized spacial score (nSPS) is 18.2. The molecule has 1 aromatic rings. The van der Waals surface area contributed by atoms with Crippen LogP contribution in [0.4, 0.5) is 10.5 Å². The van der Waals surface area contributed by atoms with Gasteiger partial charge in [0.2, 0.25) is 11.8 Å². The topological polar surface area (TPSA) is 175 Å². The Hall–Kier alpha value is -3.80. The number of nitrogens with one attached hydrogen (secondary N) is 2. The molecule has 2 rings (SSSR count). The lowest BCUT2D eigenvalue weighted by Crippen LogP contribution is -2.60. The molecule has 0 saturated carbocycles. The van der Waals surface area contributed by atoms with Gasteiger partial charge in [-0.25, -0.2) is 4.79 Å². The Morgan fingerprint density at radius 3 is 2.26 bits per heavy atom. The van der Waals surface area contributed by atoms with E-state index in [1.807, 2.05) is 20.8 Å². The molecule has 46 heavy (non-hydrogen) atoms. The average Bonchev–Trinajstić information content (AvgIpc) is 3.29. The SMILES string of the molecule is CCCC[C@H](C)CCC(=O)N(C(=O)[C@@H](CC(C)C)NC(=O)OC(C)(C)C)[C@H](C[C@@]1(O)C=Nc2ccccc21)C(=O)N[C@@H](C)C(=O)O. The van der Waals surface area contributed by atoms with Crippen molar-refractivity contribution in [2.45, 2.75) is 130 Å². The van der Waals surface area contributed by atoms with Crippen molar-refractivity contribution in [2.75, 3.05) is 0 Å². The minimum Gasteiger partial charge on any atom is -0.480 e. The van der Waals surface area contributed by atoms with E-state index in [-0.39, 0.29) is 24.7 Å². The van der Waals surface area contributed by atoms with Gasteiger partial charge in [0, 0.05) is 24.6 Å². The van der Waals surface area contributed by atoms with E-state index < -0.39 is 65.5 Å². The lowest BCUT2D eigenvalue weighted by Gasteiger charge is -2.36. The van der Waals surface area contributed by atoms with E-state index in [0.29, 0.717) is 17.7 Å². The Morgan fingerprint density at radius 1 is 1.02 bits per heavy atom. The van der Waals surface area contributed by atoms with Crippen LogP contribution in [0.3, 0.4) is 0 Å². The highest BCUT2D eigenvalue weighted by Gasteiger charge is 2.46. The van der Waals surface area contributed by atoms with Crippen molar-refractivity contribution in [3.63, 3.8) is 0 Å². The molecule has 0 fully saturated rings. The fourth-order valence-corrected chi connectivity index (χ4v) is 5.28. The number of rotatable bonds is 16. The molecule has 1 heterocycles. The smallest absolute Gasteiger partial charge is 0.408 e. The van der Waals surface area contributed by atoms with E-state index in [0.717, 1.165) is 24.2 Å². The van der Waals surface area contributed by atoms with Gasteiger partial charge >= 0.3 is 12.1 Å². The number of amides is 4. The number of carboxylic acid groups (broad SMARTS) is 1. The number of unbranched alkanes of at least 4 members (excludes halogenated alkanes) is 1.